The van der Waals surface area contributed by atoms with Crippen molar-refractivity contribution in [3.63, 3.8) is 0 Å². The number of nitrogens with one attached hydrogen (secondary N) is 1. The van der Waals surface area contributed by atoms with Gasteiger partial charge in [-0.1, -0.05) is 36.4 Å². The summed E-state index contributed by atoms with van der Waals surface area (Å²) in [6.07, 6.45) is 0. The summed E-state index contributed by atoms with van der Waals surface area (Å²) in [5.41, 5.74) is 3.60. The summed E-state index contributed by atoms with van der Waals surface area (Å²) in [7, 11) is 0. The van der Waals surface area contributed by atoms with Crippen molar-refractivity contribution in [3.8, 4) is 11.3 Å². The van der Waals surface area contributed by atoms with Gasteiger partial charge in [-0.2, -0.15) is 9.61 Å². The second-order valence-electron chi connectivity index (χ2n) is 7.74. The number of anilines is 1. The minimum absolute atomic E-state index is 0.123. The molecule has 2 heterocycles. The van der Waals surface area contributed by atoms with E-state index in [2.05, 4.69) is 73.5 Å². The number of benzene rings is 2. The van der Waals surface area contributed by atoms with Crippen molar-refractivity contribution in [1.29, 1.82) is 0 Å². The highest BCUT2D eigenvalue weighted by atomic mass is 15.4. The lowest BCUT2D eigenvalue weighted by atomic mass is 10.0. The van der Waals surface area contributed by atoms with Gasteiger partial charge in [-0.25, -0.2) is 9.97 Å². The smallest absolute Gasteiger partial charge is 0.253 e. The van der Waals surface area contributed by atoms with Gasteiger partial charge in [0.1, 0.15) is 5.69 Å². The standard InChI is InChI=1S/C21H23N5/c1-13-14(2)25-26-19(24-21(3,4)5)18(23-20(26)22-13)17-11-10-15-8-6-7-9-16(15)12-17/h6-12,24H,1-5H3. The van der Waals surface area contributed by atoms with E-state index in [0.29, 0.717) is 5.78 Å². The van der Waals surface area contributed by atoms with E-state index >= 15 is 0 Å². The molecule has 0 unspecified atom stereocenters. The molecule has 0 aliphatic carbocycles. The van der Waals surface area contributed by atoms with Crippen LogP contribution in [0.15, 0.2) is 42.5 Å². The van der Waals surface area contributed by atoms with E-state index in [-0.39, 0.29) is 5.54 Å². The normalized spacial score (nSPS) is 12.0. The number of imidazole rings is 1. The van der Waals surface area contributed by atoms with Crippen molar-refractivity contribution in [1.82, 2.24) is 19.6 Å². The molecule has 0 aliphatic rings. The average Bonchev–Trinajstić information content (AvgIpc) is 2.91. The molecule has 0 saturated heterocycles. The predicted molar refractivity (Wildman–Crippen MR) is 107 cm³/mol. The zero-order valence-corrected chi connectivity index (χ0v) is 15.8. The summed E-state index contributed by atoms with van der Waals surface area (Å²) >= 11 is 0. The molecule has 2 aromatic heterocycles. The number of hydrogen-bond donors (Lipinski definition) is 1. The predicted octanol–water partition coefficient (Wildman–Crippen LogP) is 4.77. The topological polar surface area (TPSA) is 55.1 Å². The zero-order chi connectivity index (χ0) is 18.5. The monoisotopic (exact) mass is 345 g/mol. The molecule has 0 fully saturated rings. The molecule has 4 aromatic rings. The Kier molecular flexibility index (Phi) is 3.68. The maximum atomic E-state index is 4.80. The lowest BCUT2D eigenvalue weighted by molar-refractivity contribution is 0.625. The van der Waals surface area contributed by atoms with Gasteiger partial charge in [-0.3, -0.25) is 0 Å². The van der Waals surface area contributed by atoms with Gasteiger partial charge in [0.2, 0.25) is 0 Å². The summed E-state index contributed by atoms with van der Waals surface area (Å²) in [6, 6.07) is 14.8. The molecule has 0 amide bonds. The first-order valence-corrected chi connectivity index (χ1v) is 8.83. The van der Waals surface area contributed by atoms with E-state index in [1.165, 1.54) is 10.8 Å². The molecule has 2 aromatic carbocycles. The Balaban J connectivity index is 1.98. The van der Waals surface area contributed by atoms with Gasteiger partial charge >= 0.3 is 0 Å². The summed E-state index contributed by atoms with van der Waals surface area (Å²) in [4.78, 5) is 9.43. The molecule has 0 radical (unpaired) electrons. The fourth-order valence-corrected chi connectivity index (χ4v) is 3.03. The van der Waals surface area contributed by atoms with Crippen molar-refractivity contribution in [2.45, 2.75) is 40.2 Å². The molecule has 0 saturated carbocycles. The third-order valence-corrected chi connectivity index (χ3v) is 4.39. The quantitative estimate of drug-likeness (QED) is 0.568. The Morgan fingerprint density at radius 1 is 0.885 bits per heavy atom. The van der Waals surface area contributed by atoms with Crippen molar-refractivity contribution in [3.05, 3.63) is 53.9 Å². The van der Waals surface area contributed by atoms with Crippen LogP contribution in [0.5, 0.6) is 0 Å². The molecule has 4 rings (SSSR count). The van der Waals surface area contributed by atoms with E-state index in [1.807, 2.05) is 18.4 Å². The van der Waals surface area contributed by atoms with Gasteiger partial charge < -0.3 is 5.32 Å². The number of nitrogens with zero attached hydrogens (tertiary/aromatic N) is 4. The van der Waals surface area contributed by atoms with Gasteiger partial charge in [-0.15, -0.1) is 0 Å². The highest BCUT2D eigenvalue weighted by Crippen LogP contribution is 2.32. The van der Waals surface area contributed by atoms with Crippen molar-refractivity contribution >= 4 is 22.4 Å². The van der Waals surface area contributed by atoms with Crippen LogP contribution in [0.4, 0.5) is 5.82 Å². The molecule has 0 atom stereocenters. The molecular weight excluding hydrogens is 322 g/mol. The number of aryl methyl sites for hydroxylation is 2. The van der Waals surface area contributed by atoms with Crippen molar-refractivity contribution < 1.29 is 0 Å². The molecule has 132 valence electrons. The van der Waals surface area contributed by atoms with Gasteiger partial charge in [0.15, 0.2) is 5.82 Å². The Hall–Kier alpha value is -2.95. The van der Waals surface area contributed by atoms with Crippen molar-refractivity contribution in [2.75, 3.05) is 5.32 Å². The first-order valence-electron chi connectivity index (χ1n) is 8.83. The number of fused-ring (bicyclic) bond motifs is 2. The summed E-state index contributed by atoms with van der Waals surface area (Å²) in [6.45, 7) is 10.3. The largest absolute Gasteiger partial charge is 0.363 e. The zero-order valence-electron chi connectivity index (χ0n) is 15.8. The molecule has 5 heteroatoms. The fraction of sp³-hybridized carbons (Fsp3) is 0.286. The van der Waals surface area contributed by atoms with Crippen molar-refractivity contribution in [2.24, 2.45) is 0 Å². The second kappa shape index (κ2) is 5.80. The first-order chi connectivity index (χ1) is 12.3. The van der Waals surface area contributed by atoms with E-state index in [4.69, 9.17) is 10.1 Å². The van der Waals surface area contributed by atoms with Crippen LogP contribution in [0.25, 0.3) is 27.8 Å². The van der Waals surface area contributed by atoms with Gasteiger partial charge in [-0.05, 0) is 51.5 Å². The highest BCUT2D eigenvalue weighted by Gasteiger charge is 2.21. The molecule has 0 aliphatic heterocycles. The second-order valence-corrected chi connectivity index (χ2v) is 7.74. The van der Waals surface area contributed by atoms with Gasteiger partial charge in [0, 0.05) is 11.1 Å². The van der Waals surface area contributed by atoms with Crippen LogP contribution in [-0.4, -0.2) is 25.1 Å². The molecule has 1 N–H and O–H groups in total. The molecule has 0 spiro atoms. The Morgan fingerprint density at radius 3 is 2.35 bits per heavy atom. The molecule has 0 bridgehead atoms. The minimum atomic E-state index is -0.123. The maximum Gasteiger partial charge on any atom is 0.253 e. The van der Waals surface area contributed by atoms with Crippen LogP contribution in [0.3, 0.4) is 0 Å². The van der Waals surface area contributed by atoms with Crippen LogP contribution < -0.4 is 5.32 Å². The summed E-state index contributed by atoms with van der Waals surface area (Å²) in [5.74, 6) is 1.49. The molecular formula is C21H23N5. The van der Waals surface area contributed by atoms with E-state index in [9.17, 15) is 0 Å². The third kappa shape index (κ3) is 2.90. The van der Waals surface area contributed by atoms with E-state index in [0.717, 1.165) is 28.5 Å². The van der Waals surface area contributed by atoms with Crippen LogP contribution in [0.1, 0.15) is 32.2 Å². The fourth-order valence-electron chi connectivity index (χ4n) is 3.03. The Morgan fingerprint density at radius 2 is 1.62 bits per heavy atom. The lowest BCUT2D eigenvalue weighted by Gasteiger charge is -2.22. The SMILES string of the molecule is Cc1nc2nc(-c3ccc4ccccc4c3)c(NC(C)(C)C)n2nc1C. The number of hydrogen-bond acceptors (Lipinski definition) is 4. The van der Waals surface area contributed by atoms with E-state index < -0.39 is 0 Å². The minimum Gasteiger partial charge on any atom is -0.363 e. The van der Waals surface area contributed by atoms with E-state index in [1.54, 1.807) is 0 Å². The average molecular weight is 345 g/mol. The number of aromatic nitrogens is 4. The number of rotatable bonds is 2. The highest BCUT2D eigenvalue weighted by molar-refractivity contribution is 5.89. The van der Waals surface area contributed by atoms with Crippen LogP contribution in [0, 0.1) is 13.8 Å². The van der Waals surface area contributed by atoms with Crippen LogP contribution in [0.2, 0.25) is 0 Å². The summed E-state index contributed by atoms with van der Waals surface area (Å²) in [5, 5.41) is 10.7. The Bertz CT molecular complexity index is 1120. The summed E-state index contributed by atoms with van der Waals surface area (Å²) < 4.78 is 1.82. The van der Waals surface area contributed by atoms with Crippen LogP contribution in [-0.2, 0) is 0 Å². The molecule has 5 nitrogen and oxygen atoms in total. The third-order valence-electron chi connectivity index (χ3n) is 4.39. The lowest BCUT2D eigenvalue weighted by Crippen LogP contribution is -2.27. The maximum absolute atomic E-state index is 4.80. The van der Waals surface area contributed by atoms with Gasteiger partial charge in [0.05, 0.1) is 11.4 Å². The Labute approximate surface area is 153 Å². The first kappa shape index (κ1) is 16.5. The molecule has 26 heavy (non-hydrogen) atoms. The van der Waals surface area contributed by atoms with Gasteiger partial charge in [0.25, 0.3) is 5.78 Å². The van der Waals surface area contributed by atoms with Crippen LogP contribution >= 0.6 is 0 Å².